The number of nitrogens with zero attached hydrogens (tertiary/aromatic N) is 5. The Balaban J connectivity index is 1.38. The van der Waals surface area contributed by atoms with Crippen molar-refractivity contribution in [1.82, 2.24) is 25.1 Å². The molecule has 0 amide bonds. The van der Waals surface area contributed by atoms with Crippen LogP contribution in [0.25, 0.3) is 11.5 Å². The summed E-state index contributed by atoms with van der Waals surface area (Å²) in [5.74, 6) is 8.94. The molecule has 0 radical (unpaired) electrons. The monoisotopic (exact) mass is 450 g/mol. The molecule has 2 aromatic carbocycles. The Kier molecular flexibility index (Phi) is 6.45. The Morgan fingerprint density at radius 2 is 1.69 bits per heavy atom. The highest BCUT2D eigenvalue weighted by atomic mass is 32.2. The van der Waals surface area contributed by atoms with Crippen LogP contribution in [0.2, 0.25) is 0 Å². The molecule has 32 heavy (non-hydrogen) atoms. The predicted molar refractivity (Wildman–Crippen MR) is 124 cm³/mol. The smallest absolute Gasteiger partial charge is 0.247 e. The second-order valence-electron chi connectivity index (χ2n) is 7.85. The fraction of sp³-hybridized carbons (Fsp3) is 0.304. The van der Waals surface area contributed by atoms with Crippen LogP contribution in [-0.2, 0) is 6.61 Å². The van der Waals surface area contributed by atoms with Gasteiger partial charge in [0.05, 0.1) is 5.25 Å². The molecule has 166 valence electrons. The van der Waals surface area contributed by atoms with Crippen LogP contribution in [0.4, 0.5) is 0 Å². The zero-order chi connectivity index (χ0) is 22.7. The molecule has 9 heteroatoms. The molecule has 1 atom stereocenters. The highest BCUT2D eigenvalue weighted by Gasteiger charge is 2.20. The third kappa shape index (κ3) is 4.94. The molecule has 0 spiro atoms. The molecule has 2 N–H and O–H groups in total. The van der Waals surface area contributed by atoms with E-state index in [1.807, 2.05) is 50.2 Å². The molecule has 0 saturated carbocycles. The first-order valence-electron chi connectivity index (χ1n) is 10.4. The molecule has 4 rings (SSSR count). The maximum atomic E-state index is 6.19. The number of nitrogen functional groups attached to an aromatic ring is 1. The quantitative estimate of drug-likeness (QED) is 0.298. The van der Waals surface area contributed by atoms with Crippen molar-refractivity contribution in [2.75, 3.05) is 5.84 Å². The third-order valence-electron chi connectivity index (χ3n) is 5.02. The van der Waals surface area contributed by atoms with Gasteiger partial charge in [-0.15, -0.1) is 20.4 Å². The van der Waals surface area contributed by atoms with Crippen LogP contribution in [0.5, 0.6) is 5.75 Å². The Bertz CT molecular complexity index is 1170. The number of thioether (sulfide) groups is 1. The molecule has 0 saturated heterocycles. The summed E-state index contributed by atoms with van der Waals surface area (Å²) in [6.07, 6.45) is 0. The molecule has 2 aromatic heterocycles. The van der Waals surface area contributed by atoms with E-state index in [1.54, 1.807) is 0 Å². The van der Waals surface area contributed by atoms with Gasteiger partial charge in [-0.25, -0.2) is 4.68 Å². The summed E-state index contributed by atoms with van der Waals surface area (Å²) in [4.78, 5) is 0. The van der Waals surface area contributed by atoms with Crippen LogP contribution in [-0.4, -0.2) is 25.1 Å². The van der Waals surface area contributed by atoms with E-state index in [1.165, 1.54) is 27.6 Å². The van der Waals surface area contributed by atoms with E-state index in [4.69, 9.17) is 15.0 Å². The highest BCUT2D eigenvalue weighted by Crippen LogP contribution is 2.34. The molecular weight excluding hydrogens is 424 g/mol. The van der Waals surface area contributed by atoms with E-state index in [-0.39, 0.29) is 11.9 Å². The number of hydrogen-bond donors (Lipinski definition) is 1. The topological polar surface area (TPSA) is 105 Å². The minimum atomic E-state index is -0.148. The summed E-state index contributed by atoms with van der Waals surface area (Å²) in [7, 11) is 0. The summed E-state index contributed by atoms with van der Waals surface area (Å²) < 4.78 is 13.1. The van der Waals surface area contributed by atoms with Gasteiger partial charge >= 0.3 is 0 Å². The number of aromatic nitrogens is 5. The van der Waals surface area contributed by atoms with Gasteiger partial charge in [0.15, 0.2) is 5.82 Å². The van der Waals surface area contributed by atoms with Gasteiger partial charge in [0.25, 0.3) is 0 Å². The van der Waals surface area contributed by atoms with Crippen molar-refractivity contribution in [3.8, 4) is 17.2 Å². The van der Waals surface area contributed by atoms with Crippen molar-refractivity contribution >= 4 is 11.8 Å². The first-order valence-corrected chi connectivity index (χ1v) is 11.3. The summed E-state index contributed by atoms with van der Waals surface area (Å²) in [6, 6.07) is 16.0. The second-order valence-corrected chi connectivity index (χ2v) is 9.16. The molecule has 2 heterocycles. The van der Waals surface area contributed by atoms with E-state index in [2.05, 4.69) is 46.4 Å². The van der Waals surface area contributed by atoms with Crippen LogP contribution in [0, 0.1) is 6.92 Å². The van der Waals surface area contributed by atoms with Gasteiger partial charge in [0, 0.05) is 5.56 Å². The molecule has 8 nitrogen and oxygen atoms in total. The lowest BCUT2D eigenvalue weighted by molar-refractivity contribution is 0.291. The average molecular weight is 451 g/mol. The molecule has 0 aliphatic heterocycles. The van der Waals surface area contributed by atoms with Gasteiger partial charge in [-0.05, 0) is 49.6 Å². The fourth-order valence-electron chi connectivity index (χ4n) is 3.00. The summed E-state index contributed by atoms with van der Waals surface area (Å²) >= 11 is 1.39. The maximum absolute atomic E-state index is 6.19. The Labute approximate surface area is 191 Å². The number of rotatable bonds is 8. The van der Waals surface area contributed by atoms with Crippen LogP contribution >= 0.6 is 11.8 Å². The highest BCUT2D eigenvalue weighted by molar-refractivity contribution is 7.99. The zero-order valence-electron chi connectivity index (χ0n) is 18.5. The average Bonchev–Trinajstić information content (AvgIpc) is 3.41. The van der Waals surface area contributed by atoms with Gasteiger partial charge in [0.1, 0.15) is 12.4 Å². The number of nitrogens with two attached hydrogens (primary N) is 1. The molecule has 0 aliphatic rings. The SMILES string of the molecule is Cc1ccc(-c2nnc(C(C)Sc3nnc(COc4ccc(C(C)C)cc4)n3N)o2)cc1. The second kappa shape index (κ2) is 9.44. The largest absolute Gasteiger partial charge is 0.486 e. The van der Waals surface area contributed by atoms with Gasteiger partial charge in [0.2, 0.25) is 16.9 Å². The number of benzene rings is 2. The molecule has 0 aliphatic carbocycles. The van der Waals surface area contributed by atoms with Crippen molar-refractivity contribution in [3.63, 3.8) is 0 Å². The standard InChI is InChI=1S/C23H26N6O2S/c1-14(2)17-9-11-19(12-10-17)30-13-20-25-28-23(29(20)24)32-16(4)21-26-27-22(31-21)18-7-5-15(3)6-8-18/h5-12,14,16H,13,24H2,1-4H3. The molecule has 0 bridgehead atoms. The van der Waals surface area contributed by atoms with Crippen LogP contribution in [0.1, 0.15) is 54.8 Å². The number of ether oxygens (including phenoxy) is 1. The summed E-state index contributed by atoms with van der Waals surface area (Å²) in [6.45, 7) is 8.53. The summed E-state index contributed by atoms with van der Waals surface area (Å²) in [5.41, 5.74) is 3.32. The van der Waals surface area contributed by atoms with E-state index >= 15 is 0 Å². The predicted octanol–water partition coefficient (Wildman–Crippen LogP) is 4.91. The van der Waals surface area contributed by atoms with Crippen molar-refractivity contribution in [3.05, 3.63) is 71.4 Å². The van der Waals surface area contributed by atoms with E-state index in [0.717, 1.165) is 11.3 Å². The maximum Gasteiger partial charge on any atom is 0.247 e. The molecular formula is C23H26N6O2S. The molecule has 1 unspecified atom stereocenters. The van der Waals surface area contributed by atoms with Crippen LogP contribution in [0.3, 0.4) is 0 Å². The summed E-state index contributed by atoms with van der Waals surface area (Å²) in [5, 5.41) is 17.1. The Hall–Kier alpha value is -3.33. The first kappa shape index (κ1) is 21.9. The number of hydrogen-bond acceptors (Lipinski definition) is 8. The van der Waals surface area contributed by atoms with Gasteiger partial charge < -0.3 is 15.0 Å². The van der Waals surface area contributed by atoms with E-state index in [9.17, 15) is 0 Å². The van der Waals surface area contributed by atoms with Crippen LogP contribution < -0.4 is 10.6 Å². The lowest BCUT2D eigenvalue weighted by Crippen LogP contribution is -2.16. The van der Waals surface area contributed by atoms with Gasteiger partial charge in [-0.1, -0.05) is 55.4 Å². The fourth-order valence-corrected chi connectivity index (χ4v) is 3.82. The Morgan fingerprint density at radius 1 is 0.969 bits per heavy atom. The zero-order valence-corrected chi connectivity index (χ0v) is 19.3. The van der Waals surface area contributed by atoms with Gasteiger partial charge in [-0.2, -0.15) is 0 Å². The normalized spacial score (nSPS) is 12.3. The van der Waals surface area contributed by atoms with Crippen molar-refractivity contribution < 1.29 is 9.15 Å². The minimum absolute atomic E-state index is 0.148. The van der Waals surface area contributed by atoms with Gasteiger partial charge in [-0.3, -0.25) is 0 Å². The lowest BCUT2D eigenvalue weighted by atomic mass is 10.0. The van der Waals surface area contributed by atoms with E-state index < -0.39 is 0 Å². The van der Waals surface area contributed by atoms with Crippen molar-refractivity contribution in [2.45, 2.75) is 50.6 Å². The van der Waals surface area contributed by atoms with Crippen LogP contribution in [0.15, 0.2) is 58.1 Å². The Morgan fingerprint density at radius 3 is 2.38 bits per heavy atom. The van der Waals surface area contributed by atoms with Crippen molar-refractivity contribution in [1.29, 1.82) is 0 Å². The molecule has 0 fully saturated rings. The van der Waals surface area contributed by atoms with E-state index in [0.29, 0.717) is 28.7 Å². The third-order valence-corrected chi connectivity index (χ3v) is 6.06. The van der Waals surface area contributed by atoms with Crippen molar-refractivity contribution in [2.24, 2.45) is 0 Å². The lowest BCUT2D eigenvalue weighted by Gasteiger charge is -2.09. The minimum Gasteiger partial charge on any atom is -0.486 e. The first-order chi connectivity index (χ1) is 15.4. The number of aryl methyl sites for hydroxylation is 1. The molecule has 4 aromatic rings.